The number of carbonyl (C=O) groups excluding carboxylic acids is 1. The molecule has 4 rings (SSSR count). The normalized spacial score (nSPS) is 16.4. The second kappa shape index (κ2) is 9.38. The van der Waals surface area contributed by atoms with Crippen LogP contribution >= 0.6 is 0 Å². The molecule has 0 fully saturated rings. The molecule has 1 aliphatic heterocycles. The fourth-order valence-corrected chi connectivity index (χ4v) is 4.29. The summed E-state index contributed by atoms with van der Waals surface area (Å²) in [6.45, 7) is 12.4. The molecule has 36 heavy (non-hydrogen) atoms. The van der Waals surface area contributed by atoms with Gasteiger partial charge >= 0.3 is 0 Å². The number of hydrogen-bond acceptors (Lipinski definition) is 5. The van der Waals surface area contributed by atoms with E-state index in [0.29, 0.717) is 5.82 Å². The van der Waals surface area contributed by atoms with E-state index >= 15 is 0 Å². The number of Topliss-reactive ketones (excluding diaryl/α,β-unsaturated/α-hetero) is 1. The van der Waals surface area contributed by atoms with Crippen LogP contribution in [0.1, 0.15) is 52.7 Å². The number of nitrogens with zero attached hydrogens (tertiary/aromatic N) is 2. The van der Waals surface area contributed by atoms with Gasteiger partial charge in [-0.25, -0.2) is 9.98 Å². The number of hydrogen-bond donors (Lipinski definition) is 0. The second-order valence-electron chi connectivity index (χ2n) is 11.1. The highest BCUT2D eigenvalue weighted by molar-refractivity contribution is 6.55. The van der Waals surface area contributed by atoms with Gasteiger partial charge in [0.1, 0.15) is 11.5 Å². The highest BCUT2D eigenvalue weighted by atomic mass is 16.5. The fraction of sp³-hybridized carbons (Fsp3) is 0.323. The number of methoxy groups -OCH3 is 2. The Morgan fingerprint density at radius 1 is 0.667 bits per heavy atom. The van der Waals surface area contributed by atoms with Gasteiger partial charge in [-0.1, -0.05) is 65.8 Å². The average Bonchev–Trinajstić information content (AvgIpc) is 3.28. The van der Waals surface area contributed by atoms with Crippen LogP contribution in [-0.2, 0) is 4.79 Å². The van der Waals surface area contributed by atoms with E-state index in [1.54, 1.807) is 14.2 Å². The van der Waals surface area contributed by atoms with Gasteiger partial charge in [-0.15, -0.1) is 0 Å². The molecule has 0 bridgehead atoms. The Bertz CT molecular complexity index is 1270. The molecule has 0 radical (unpaired) electrons. The van der Waals surface area contributed by atoms with Crippen molar-refractivity contribution < 1.29 is 14.3 Å². The number of ketones is 1. The maximum absolute atomic E-state index is 13.4. The molecule has 5 heteroatoms. The Kier molecular flexibility index (Phi) is 6.61. The topological polar surface area (TPSA) is 60.2 Å². The maximum atomic E-state index is 13.4. The van der Waals surface area contributed by atoms with Crippen molar-refractivity contribution in [3.63, 3.8) is 0 Å². The van der Waals surface area contributed by atoms with E-state index in [1.165, 1.54) is 0 Å². The van der Waals surface area contributed by atoms with Crippen LogP contribution < -0.4 is 9.47 Å². The van der Waals surface area contributed by atoms with Crippen LogP contribution in [-0.4, -0.2) is 31.4 Å². The molecule has 0 unspecified atom stereocenters. The first-order chi connectivity index (χ1) is 16.9. The minimum absolute atomic E-state index is 0.0892. The van der Waals surface area contributed by atoms with Crippen molar-refractivity contribution in [1.29, 1.82) is 0 Å². The Labute approximate surface area is 214 Å². The number of rotatable bonds is 4. The fourth-order valence-electron chi connectivity index (χ4n) is 4.29. The van der Waals surface area contributed by atoms with Crippen LogP contribution in [0.5, 0.6) is 11.5 Å². The lowest BCUT2D eigenvalue weighted by molar-refractivity contribution is -0.114. The van der Waals surface area contributed by atoms with Crippen molar-refractivity contribution in [3.05, 3.63) is 94.4 Å². The van der Waals surface area contributed by atoms with Crippen LogP contribution in [0.4, 0.5) is 0 Å². The smallest absolute Gasteiger partial charge is 0.186 e. The van der Waals surface area contributed by atoms with Gasteiger partial charge in [-0.05, 0) is 47.2 Å². The third kappa shape index (κ3) is 4.97. The van der Waals surface area contributed by atoms with E-state index in [2.05, 4.69) is 41.5 Å². The lowest BCUT2D eigenvalue weighted by Gasteiger charge is -2.31. The monoisotopic (exact) mass is 482 g/mol. The van der Waals surface area contributed by atoms with Crippen molar-refractivity contribution in [3.8, 4) is 11.5 Å². The SMILES string of the molecule is COc1cccc(C2=NC(=C3C=C(C(C)(C)C)C(=O)C(C(C)(C)C)=C3)N=C2c2cccc(OC)c2)c1. The highest BCUT2D eigenvalue weighted by Gasteiger charge is 2.35. The molecule has 5 nitrogen and oxygen atoms in total. The molecule has 0 aromatic heterocycles. The van der Waals surface area contributed by atoms with Gasteiger partial charge in [0, 0.05) is 27.8 Å². The molecular weight excluding hydrogens is 448 g/mol. The molecule has 0 N–H and O–H groups in total. The number of carbonyl (C=O) groups is 1. The quantitative estimate of drug-likeness (QED) is 0.485. The van der Waals surface area contributed by atoms with Crippen LogP contribution in [0.25, 0.3) is 0 Å². The summed E-state index contributed by atoms with van der Waals surface area (Å²) in [5.74, 6) is 2.16. The third-order valence-electron chi connectivity index (χ3n) is 6.31. The minimum atomic E-state index is -0.315. The number of aliphatic imine (C=N–C) groups is 2. The average molecular weight is 483 g/mol. The highest BCUT2D eigenvalue weighted by Crippen LogP contribution is 2.40. The number of ether oxygens (including phenoxy) is 2. The number of allylic oxidation sites excluding steroid dienone is 5. The van der Waals surface area contributed by atoms with Gasteiger partial charge in [0.25, 0.3) is 0 Å². The van der Waals surface area contributed by atoms with Crippen LogP contribution in [0.15, 0.2) is 93.2 Å². The molecule has 186 valence electrons. The standard InChI is InChI=1S/C31H34N2O3/c1-30(2,3)24-17-21(18-25(28(24)34)31(4,5)6)29-32-26(19-11-9-13-22(15-19)35-7)27(33-29)20-12-10-14-23(16-20)36-8/h9-18H,1-8H3. The van der Waals surface area contributed by atoms with Gasteiger partial charge in [0.2, 0.25) is 0 Å². The first-order valence-corrected chi connectivity index (χ1v) is 12.1. The van der Waals surface area contributed by atoms with Crippen molar-refractivity contribution in [2.45, 2.75) is 41.5 Å². The summed E-state index contributed by atoms with van der Waals surface area (Å²) in [5, 5.41) is 0. The molecule has 1 heterocycles. The number of benzene rings is 2. The minimum Gasteiger partial charge on any atom is -0.497 e. The lowest BCUT2D eigenvalue weighted by atomic mass is 9.72. The van der Waals surface area contributed by atoms with E-state index in [1.807, 2.05) is 60.7 Å². The molecule has 0 saturated carbocycles. The van der Waals surface area contributed by atoms with Crippen molar-refractivity contribution in [2.24, 2.45) is 20.8 Å². The maximum Gasteiger partial charge on any atom is 0.186 e. The van der Waals surface area contributed by atoms with Gasteiger partial charge in [-0.2, -0.15) is 0 Å². The zero-order valence-corrected chi connectivity index (χ0v) is 22.4. The molecule has 2 aromatic carbocycles. The molecule has 0 amide bonds. The Hall–Kier alpha value is -3.73. The van der Waals surface area contributed by atoms with Crippen molar-refractivity contribution >= 4 is 17.2 Å². The Morgan fingerprint density at radius 3 is 1.44 bits per heavy atom. The van der Waals surface area contributed by atoms with Crippen LogP contribution in [0.2, 0.25) is 0 Å². The lowest BCUT2D eigenvalue weighted by Crippen LogP contribution is -2.28. The summed E-state index contributed by atoms with van der Waals surface area (Å²) >= 11 is 0. The van der Waals surface area contributed by atoms with Crippen LogP contribution in [0, 0.1) is 10.8 Å². The van der Waals surface area contributed by atoms with E-state index in [4.69, 9.17) is 19.5 Å². The molecule has 0 atom stereocenters. The third-order valence-corrected chi connectivity index (χ3v) is 6.31. The molecule has 0 saturated heterocycles. The Morgan fingerprint density at radius 2 is 1.08 bits per heavy atom. The van der Waals surface area contributed by atoms with Gasteiger partial charge in [0.15, 0.2) is 11.6 Å². The summed E-state index contributed by atoms with van der Waals surface area (Å²) in [7, 11) is 3.30. The summed E-state index contributed by atoms with van der Waals surface area (Å²) in [6, 6.07) is 15.6. The molecule has 1 aliphatic carbocycles. The van der Waals surface area contributed by atoms with Gasteiger partial charge in [0.05, 0.1) is 25.6 Å². The molecular formula is C31H34N2O3. The van der Waals surface area contributed by atoms with Crippen molar-refractivity contribution in [2.75, 3.05) is 14.2 Å². The molecule has 2 aromatic rings. The van der Waals surface area contributed by atoms with E-state index in [0.717, 1.165) is 50.8 Å². The Balaban J connectivity index is 1.99. The van der Waals surface area contributed by atoms with Gasteiger partial charge < -0.3 is 9.47 Å². The zero-order valence-electron chi connectivity index (χ0n) is 22.4. The van der Waals surface area contributed by atoms with E-state index in [9.17, 15) is 4.79 Å². The van der Waals surface area contributed by atoms with E-state index in [-0.39, 0.29) is 16.6 Å². The molecule has 0 spiro atoms. The summed E-state index contributed by atoms with van der Waals surface area (Å²) in [5.41, 5.74) is 5.03. The summed E-state index contributed by atoms with van der Waals surface area (Å²) in [4.78, 5) is 23.5. The van der Waals surface area contributed by atoms with Crippen LogP contribution in [0.3, 0.4) is 0 Å². The second-order valence-corrected chi connectivity index (χ2v) is 11.1. The summed E-state index contributed by atoms with van der Waals surface area (Å²) < 4.78 is 10.9. The zero-order chi connectivity index (χ0) is 26.3. The largest absolute Gasteiger partial charge is 0.497 e. The first kappa shape index (κ1) is 25.4. The van der Waals surface area contributed by atoms with E-state index < -0.39 is 0 Å². The van der Waals surface area contributed by atoms with Crippen molar-refractivity contribution in [1.82, 2.24) is 0 Å². The first-order valence-electron chi connectivity index (χ1n) is 12.1. The molecule has 2 aliphatic rings. The predicted molar refractivity (Wildman–Crippen MR) is 146 cm³/mol. The van der Waals surface area contributed by atoms with Gasteiger partial charge in [-0.3, -0.25) is 4.79 Å². The predicted octanol–water partition coefficient (Wildman–Crippen LogP) is 6.74. The summed E-state index contributed by atoms with van der Waals surface area (Å²) in [6.07, 6.45) is 3.91.